The molecule has 0 N–H and O–H groups in total. The van der Waals surface area contributed by atoms with Gasteiger partial charge in [-0.25, -0.2) is 13.2 Å². The minimum atomic E-state index is -2.56. The molecule has 2 fully saturated rings. The first-order valence-corrected chi connectivity index (χ1v) is 12.7. The summed E-state index contributed by atoms with van der Waals surface area (Å²) in [7, 11) is 0. The Morgan fingerprint density at radius 2 is 1.41 bits per heavy atom. The van der Waals surface area contributed by atoms with Crippen LogP contribution in [0.1, 0.15) is 99.7 Å². The van der Waals surface area contributed by atoms with Crippen LogP contribution in [0.15, 0.2) is 48.5 Å². The summed E-state index contributed by atoms with van der Waals surface area (Å²) in [4.78, 5) is 0. The first-order chi connectivity index (χ1) is 15.4. The molecule has 4 rings (SSSR count). The molecule has 32 heavy (non-hydrogen) atoms. The second kappa shape index (κ2) is 10.4. The third-order valence-electron chi connectivity index (χ3n) is 8.04. The zero-order chi connectivity index (χ0) is 22.6. The van der Waals surface area contributed by atoms with Gasteiger partial charge in [-0.1, -0.05) is 49.7 Å². The predicted octanol–water partition coefficient (Wildman–Crippen LogP) is 9.05. The van der Waals surface area contributed by atoms with Crippen LogP contribution in [0.3, 0.4) is 0 Å². The molecule has 2 aliphatic rings. The van der Waals surface area contributed by atoms with Crippen LogP contribution in [0.2, 0.25) is 0 Å². The average Bonchev–Trinajstić information content (AvgIpc) is 2.80. The number of benzene rings is 2. The molecule has 2 saturated carbocycles. The summed E-state index contributed by atoms with van der Waals surface area (Å²) in [5, 5.41) is 0. The summed E-state index contributed by atoms with van der Waals surface area (Å²) in [5.41, 5.74) is 3.71. The topological polar surface area (TPSA) is 0 Å². The molecule has 2 aromatic carbocycles. The highest BCUT2D eigenvalue weighted by molar-refractivity contribution is 5.26. The summed E-state index contributed by atoms with van der Waals surface area (Å²) in [6, 6.07) is 15.6. The molecular weight excluding hydrogens is 405 g/mol. The first kappa shape index (κ1) is 23.4. The fraction of sp³-hybridized carbons (Fsp3) is 0.586. The second-order valence-electron chi connectivity index (χ2n) is 10.3. The zero-order valence-electron chi connectivity index (χ0n) is 19.3. The molecule has 0 radical (unpaired) electrons. The molecule has 0 nitrogen and oxygen atoms in total. The highest BCUT2D eigenvalue weighted by Crippen LogP contribution is 2.47. The van der Waals surface area contributed by atoms with E-state index in [1.54, 1.807) is 12.1 Å². The largest absolute Gasteiger partial charge is 0.251 e. The molecular formula is C29H37F3. The molecule has 0 amide bonds. The Morgan fingerprint density at radius 1 is 0.781 bits per heavy atom. The smallest absolute Gasteiger partial charge is 0.207 e. The maximum atomic E-state index is 15.2. The molecule has 0 heterocycles. The van der Waals surface area contributed by atoms with E-state index in [9.17, 15) is 4.39 Å². The quantitative estimate of drug-likeness (QED) is 0.401. The van der Waals surface area contributed by atoms with Gasteiger partial charge < -0.3 is 0 Å². The van der Waals surface area contributed by atoms with Gasteiger partial charge in [0.2, 0.25) is 0 Å². The van der Waals surface area contributed by atoms with Crippen molar-refractivity contribution >= 4 is 0 Å². The minimum Gasteiger partial charge on any atom is -0.207 e. The Balaban J connectivity index is 1.25. The summed E-state index contributed by atoms with van der Waals surface area (Å²) in [5.74, 6) is -2.40. The Morgan fingerprint density at radius 3 is 2.03 bits per heavy atom. The van der Waals surface area contributed by atoms with Crippen LogP contribution in [0.5, 0.6) is 0 Å². The lowest BCUT2D eigenvalue weighted by Gasteiger charge is -2.37. The van der Waals surface area contributed by atoms with Gasteiger partial charge in [0.15, 0.2) is 0 Å². The lowest BCUT2D eigenvalue weighted by atomic mass is 9.72. The van der Waals surface area contributed by atoms with Crippen molar-refractivity contribution in [1.82, 2.24) is 0 Å². The van der Waals surface area contributed by atoms with Gasteiger partial charge in [-0.15, -0.1) is 0 Å². The van der Waals surface area contributed by atoms with Gasteiger partial charge in [0.05, 0.1) is 0 Å². The van der Waals surface area contributed by atoms with E-state index in [-0.39, 0.29) is 18.2 Å². The van der Waals surface area contributed by atoms with E-state index in [0.29, 0.717) is 24.7 Å². The summed E-state index contributed by atoms with van der Waals surface area (Å²) < 4.78 is 43.9. The van der Waals surface area contributed by atoms with E-state index in [1.165, 1.54) is 17.2 Å². The number of alkyl halides is 2. The van der Waals surface area contributed by atoms with Crippen molar-refractivity contribution in [3.63, 3.8) is 0 Å². The fourth-order valence-electron chi connectivity index (χ4n) is 6.11. The minimum absolute atomic E-state index is 0.0317. The van der Waals surface area contributed by atoms with Gasteiger partial charge in [0.1, 0.15) is 5.82 Å². The van der Waals surface area contributed by atoms with Crippen LogP contribution in [0, 0.1) is 17.7 Å². The van der Waals surface area contributed by atoms with Crippen molar-refractivity contribution in [3.05, 3.63) is 71.0 Å². The van der Waals surface area contributed by atoms with E-state index in [1.807, 2.05) is 6.07 Å². The Bertz CT molecular complexity index is 841. The van der Waals surface area contributed by atoms with E-state index in [0.717, 1.165) is 56.9 Å². The Kier molecular flexibility index (Phi) is 7.63. The van der Waals surface area contributed by atoms with Gasteiger partial charge >= 0.3 is 0 Å². The number of rotatable bonds is 7. The lowest BCUT2D eigenvalue weighted by molar-refractivity contribution is -0.0929. The standard InChI is InChI=1S/C29H37F3/c1-2-4-21-7-11-23(12-8-21)24-15-17-27(18-16-24)29(31,32)20-22-9-13-25(14-10-22)26-5-3-6-28(30)19-26/h3,5-8,11-12,19,22,24-25,27H,2,4,9-10,13-18,20H2,1H3. The van der Waals surface area contributed by atoms with Crippen LogP contribution < -0.4 is 0 Å². The highest BCUT2D eigenvalue weighted by atomic mass is 19.3. The highest BCUT2D eigenvalue weighted by Gasteiger charge is 2.43. The van der Waals surface area contributed by atoms with E-state index >= 15 is 8.78 Å². The van der Waals surface area contributed by atoms with Gasteiger partial charge in [0.25, 0.3) is 5.92 Å². The number of hydrogen-bond donors (Lipinski definition) is 0. The van der Waals surface area contributed by atoms with Gasteiger partial charge in [0, 0.05) is 12.3 Å². The van der Waals surface area contributed by atoms with Crippen molar-refractivity contribution in [2.24, 2.45) is 11.8 Å². The van der Waals surface area contributed by atoms with E-state index in [2.05, 4.69) is 31.2 Å². The maximum absolute atomic E-state index is 15.2. The third kappa shape index (κ3) is 5.77. The molecule has 0 aromatic heterocycles. The predicted molar refractivity (Wildman–Crippen MR) is 126 cm³/mol. The maximum Gasteiger partial charge on any atom is 0.251 e. The number of hydrogen-bond acceptors (Lipinski definition) is 0. The summed E-state index contributed by atoms with van der Waals surface area (Å²) >= 11 is 0. The van der Waals surface area contributed by atoms with E-state index < -0.39 is 11.8 Å². The fourth-order valence-corrected chi connectivity index (χ4v) is 6.11. The second-order valence-corrected chi connectivity index (χ2v) is 10.3. The summed E-state index contributed by atoms with van der Waals surface area (Å²) in [6.45, 7) is 2.19. The molecule has 3 heteroatoms. The van der Waals surface area contributed by atoms with Gasteiger partial charge in [-0.05, 0) is 104 Å². The lowest BCUT2D eigenvalue weighted by Crippen LogP contribution is -2.34. The van der Waals surface area contributed by atoms with Crippen molar-refractivity contribution in [2.75, 3.05) is 0 Å². The normalized spacial score (nSPS) is 26.8. The Hall–Kier alpha value is -1.77. The molecule has 2 aromatic rings. The molecule has 174 valence electrons. The number of halogens is 3. The van der Waals surface area contributed by atoms with Crippen LogP contribution in [0.25, 0.3) is 0 Å². The average molecular weight is 443 g/mol. The summed E-state index contributed by atoms with van der Waals surface area (Å²) in [6.07, 6.45) is 8.74. The van der Waals surface area contributed by atoms with Crippen LogP contribution in [0.4, 0.5) is 13.2 Å². The molecule has 0 atom stereocenters. The molecule has 2 aliphatic carbocycles. The molecule has 0 spiro atoms. The van der Waals surface area contributed by atoms with Crippen molar-refractivity contribution in [2.45, 2.75) is 95.3 Å². The van der Waals surface area contributed by atoms with Crippen LogP contribution in [-0.4, -0.2) is 5.92 Å². The van der Waals surface area contributed by atoms with Crippen molar-refractivity contribution in [1.29, 1.82) is 0 Å². The van der Waals surface area contributed by atoms with E-state index in [4.69, 9.17) is 0 Å². The molecule has 0 bridgehead atoms. The van der Waals surface area contributed by atoms with Crippen molar-refractivity contribution in [3.8, 4) is 0 Å². The molecule has 0 saturated heterocycles. The zero-order valence-corrected chi connectivity index (χ0v) is 19.3. The molecule has 0 aliphatic heterocycles. The van der Waals surface area contributed by atoms with Crippen molar-refractivity contribution < 1.29 is 13.2 Å². The first-order valence-electron chi connectivity index (χ1n) is 12.7. The number of aryl methyl sites for hydroxylation is 1. The van der Waals surface area contributed by atoms with Gasteiger partial charge in [-0.2, -0.15) is 0 Å². The van der Waals surface area contributed by atoms with Crippen LogP contribution >= 0.6 is 0 Å². The monoisotopic (exact) mass is 442 g/mol. The van der Waals surface area contributed by atoms with Crippen LogP contribution in [-0.2, 0) is 6.42 Å². The SMILES string of the molecule is CCCc1ccc(C2CCC(C(F)(F)CC3CCC(c4cccc(F)c4)CC3)CC2)cc1. The third-order valence-corrected chi connectivity index (χ3v) is 8.04. The van der Waals surface area contributed by atoms with Gasteiger partial charge in [-0.3, -0.25) is 0 Å². The molecule has 0 unspecified atom stereocenters. The Labute approximate surface area is 191 Å².